The zero-order valence-corrected chi connectivity index (χ0v) is 16.4. The maximum absolute atomic E-state index is 6.33. The number of benzene rings is 1. The highest BCUT2D eigenvalue weighted by molar-refractivity contribution is 7.80. The first-order valence-corrected chi connectivity index (χ1v) is 9.86. The third-order valence-corrected chi connectivity index (χ3v) is 5.61. The van der Waals surface area contributed by atoms with E-state index in [0.717, 1.165) is 44.0 Å². The first kappa shape index (κ1) is 18.5. The molecular weight excluding hydrogens is 376 g/mol. The first-order valence-electron chi connectivity index (χ1n) is 8.19. The van der Waals surface area contributed by atoms with Crippen LogP contribution in [0.2, 0.25) is 5.02 Å². The lowest BCUT2D eigenvalue weighted by molar-refractivity contribution is 0.0907. The van der Waals surface area contributed by atoms with E-state index in [-0.39, 0.29) is 6.10 Å². The van der Waals surface area contributed by atoms with E-state index in [1.807, 2.05) is 12.1 Å². The standard InChI is InChI=1S/C18H21ClN2O2S2/c1-22-13-6-7-17(16(19)10-13)20-18(24)21(11-14-4-2-8-23-14)12-15-5-3-9-25-15/h3,5-7,9-10,14H,2,4,8,11-12H2,1H3,(H,20,24)/t14-/m1/s1. The largest absolute Gasteiger partial charge is 0.497 e. The lowest BCUT2D eigenvalue weighted by Gasteiger charge is -2.28. The number of thiophene rings is 1. The van der Waals surface area contributed by atoms with Gasteiger partial charge in [-0.1, -0.05) is 17.7 Å². The fourth-order valence-corrected chi connectivity index (χ4v) is 3.95. The van der Waals surface area contributed by atoms with Crippen LogP contribution in [0.15, 0.2) is 35.7 Å². The fourth-order valence-electron chi connectivity index (χ4n) is 2.76. The number of nitrogens with one attached hydrogen (secondary N) is 1. The van der Waals surface area contributed by atoms with Crippen molar-refractivity contribution in [2.75, 3.05) is 25.6 Å². The highest BCUT2D eigenvalue weighted by Gasteiger charge is 2.22. The third-order valence-electron chi connectivity index (χ3n) is 4.08. The van der Waals surface area contributed by atoms with Gasteiger partial charge in [-0.3, -0.25) is 0 Å². The van der Waals surface area contributed by atoms with Gasteiger partial charge in [0.2, 0.25) is 0 Å². The number of anilines is 1. The molecule has 2 heterocycles. The van der Waals surface area contributed by atoms with Crippen molar-refractivity contribution in [1.82, 2.24) is 4.90 Å². The molecule has 0 radical (unpaired) electrons. The van der Waals surface area contributed by atoms with Crippen LogP contribution in [0, 0.1) is 0 Å². The molecule has 3 rings (SSSR count). The SMILES string of the molecule is COc1ccc(NC(=S)N(Cc2cccs2)C[C@H]2CCCO2)c(Cl)c1. The second kappa shape index (κ2) is 8.85. The molecule has 1 aliphatic heterocycles. The molecule has 1 aliphatic rings. The van der Waals surface area contributed by atoms with Gasteiger partial charge in [-0.25, -0.2) is 0 Å². The van der Waals surface area contributed by atoms with Crippen LogP contribution in [0.25, 0.3) is 0 Å². The molecule has 1 aromatic heterocycles. The van der Waals surface area contributed by atoms with Crippen molar-refractivity contribution in [3.8, 4) is 5.75 Å². The van der Waals surface area contributed by atoms with Gasteiger partial charge in [-0.2, -0.15) is 0 Å². The topological polar surface area (TPSA) is 33.7 Å². The van der Waals surface area contributed by atoms with Gasteiger partial charge >= 0.3 is 0 Å². The van der Waals surface area contributed by atoms with Crippen molar-refractivity contribution in [3.05, 3.63) is 45.6 Å². The molecule has 1 N–H and O–H groups in total. The van der Waals surface area contributed by atoms with Crippen molar-refractivity contribution in [3.63, 3.8) is 0 Å². The zero-order valence-electron chi connectivity index (χ0n) is 14.0. The third kappa shape index (κ3) is 5.07. The average molecular weight is 397 g/mol. The Labute approximate surface area is 162 Å². The molecule has 0 spiro atoms. The lowest BCUT2D eigenvalue weighted by Crippen LogP contribution is -2.39. The second-order valence-corrected chi connectivity index (χ2v) is 7.70. The van der Waals surface area contributed by atoms with Crippen LogP contribution in [0.4, 0.5) is 5.69 Å². The molecule has 0 unspecified atom stereocenters. The molecule has 0 aliphatic carbocycles. The summed E-state index contributed by atoms with van der Waals surface area (Å²) in [6, 6.07) is 9.69. The predicted octanol–water partition coefficient (Wildman–Crippen LogP) is 4.79. The minimum Gasteiger partial charge on any atom is -0.497 e. The Morgan fingerprint density at radius 1 is 1.48 bits per heavy atom. The van der Waals surface area contributed by atoms with Crippen LogP contribution >= 0.6 is 35.2 Å². The molecule has 0 amide bonds. The highest BCUT2D eigenvalue weighted by atomic mass is 35.5. The Bertz CT molecular complexity index is 703. The molecule has 0 bridgehead atoms. The minimum absolute atomic E-state index is 0.228. The summed E-state index contributed by atoms with van der Waals surface area (Å²) in [5.74, 6) is 0.719. The van der Waals surface area contributed by atoms with E-state index in [1.54, 1.807) is 24.5 Å². The highest BCUT2D eigenvalue weighted by Crippen LogP contribution is 2.27. The summed E-state index contributed by atoms with van der Waals surface area (Å²) in [5, 5.41) is 6.57. The number of thiocarbonyl (C=S) groups is 1. The molecule has 1 aromatic carbocycles. The van der Waals surface area contributed by atoms with Crippen LogP contribution < -0.4 is 10.1 Å². The van der Waals surface area contributed by atoms with E-state index >= 15 is 0 Å². The van der Waals surface area contributed by atoms with Gasteiger partial charge in [0.1, 0.15) is 5.75 Å². The van der Waals surface area contributed by atoms with Gasteiger partial charge in [0, 0.05) is 24.1 Å². The van der Waals surface area contributed by atoms with Crippen molar-refractivity contribution in [2.45, 2.75) is 25.5 Å². The van der Waals surface area contributed by atoms with Gasteiger partial charge in [-0.15, -0.1) is 11.3 Å². The molecule has 25 heavy (non-hydrogen) atoms. The lowest BCUT2D eigenvalue weighted by atomic mass is 10.2. The van der Waals surface area contributed by atoms with E-state index in [9.17, 15) is 0 Å². The van der Waals surface area contributed by atoms with Crippen LogP contribution in [0.5, 0.6) is 5.75 Å². The van der Waals surface area contributed by atoms with E-state index < -0.39 is 0 Å². The van der Waals surface area contributed by atoms with E-state index in [4.69, 9.17) is 33.3 Å². The maximum atomic E-state index is 6.33. The summed E-state index contributed by atoms with van der Waals surface area (Å²) in [7, 11) is 1.62. The average Bonchev–Trinajstić information content (AvgIpc) is 3.30. The van der Waals surface area contributed by atoms with Gasteiger partial charge in [-0.05, 0) is 48.6 Å². The molecule has 4 nitrogen and oxygen atoms in total. The Hall–Kier alpha value is -1.34. The molecule has 1 atom stereocenters. The molecule has 134 valence electrons. The Kier molecular flexibility index (Phi) is 6.53. The maximum Gasteiger partial charge on any atom is 0.173 e. The molecule has 2 aromatic rings. The predicted molar refractivity (Wildman–Crippen MR) is 108 cm³/mol. The van der Waals surface area contributed by atoms with Crippen LogP contribution in [-0.4, -0.2) is 36.4 Å². The Morgan fingerprint density at radius 2 is 2.36 bits per heavy atom. The first-order chi connectivity index (χ1) is 12.2. The van der Waals surface area contributed by atoms with Crippen molar-refractivity contribution in [1.29, 1.82) is 0 Å². The summed E-state index contributed by atoms with van der Waals surface area (Å²) < 4.78 is 11.0. The summed E-state index contributed by atoms with van der Waals surface area (Å²) in [6.07, 6.45) is 2.42. The number of halogens is 1. The van der Waals surface area contributed by atoms with Gasteiger partial charge < -0.3 is 19.7 Å². The number of rotatable bonds is 6. The molecule has 7 heteroatoms. The zero-order chi connectivity index (χ0) is 17.6. The summed E-state index contributed by atoms with van der Waals surface area (Å²) >= 11 is 13.7. The smallest absolute Gasteiger partial charge is 0.173 e. The van der Waals surface area contributed by atoms with Gasteiger partial charge in [0.25, 0.3) is 0 Å². The normalized spacial score (nSPS) is 16.6. The monoisotopic (exact) mass is 396 g/mol. The van der Waals surface area contributed by atoms with Crippen LogP contribution in [0.3, 0.4) is 0 Å². The Morgan fingerprint density at radius 3 is 3.00 bits per heavy atom. The van der Waals surface area contributed by atoms with Crippen molar-refractivity contribution in [2.24, 2.45) is 0 Å². The fraction of sp³-hybridized carbons (Fsp3) is 0.389. The number of methoxy groups -OCH3 is 1. The van der Waals surface area contributed by atoms with Crippen LogP contribution in [-0.2, 0) is 11.3 Å². The van der Waals surface area contributed by atoms with E-state index in [1.165, 1.54) is 4.88 Å². The van der Waals surface area contributed by atoms with E-state index in [2.05, 4.69) is 27.7 Å². The summed E-state index contributed by atoms with van der Waals surface area (Å²) in [4.78, 5) is 3.42. The van der Waals surface area contributed by atoms with Gasteiger partial charge in [0.05, 0.1) is 30.5 Å². The van der Waals surface area contributed by atoms with E-state index in [0.29, 0.717) is 10.1 Å². The second-order valence-electron chi connectivity index (χ2n) is 5.87. The summed E-state index contributed by atoms with van der Waals surface area (Å²) in [6.45, 7) is 2.37. The molecule has 1 fully saturated rings. The summed E-state index contributed by atoms with van der Waals surface area (Å²) in [5.41, 5.74) is 0.774. The number of hydrogen-bond donors (Lipinski definition) is 1. The van der Waals surface area contributed by atoms with Crippen molar-refractivity contribution < 1.29 is 9.47 Å². The quantitative estimate of drug-likeness (QED) is 0.710. The number of hydrogen-bond acceptors (Lipinski definition) is 4. The Balaban J connectivity index is 1.71. The van der Waals surface area contributed by atoms with Crippen LogP contribution in [0.1, 0.15) is 17.7 Å². The molecule has 0 saturated carbocycles. The molecular formula is C18H21ClN2O2S2. The number of ether oxygens (including phenoxy) is 2. The minimum atomic E-state index is 0.228. The van der Waals surface area contributed by atoms with Gasteiger partial charge in [0.15, 0.2) is 5.11 Å². The number of nitrogens with zero attached hydrogens (tertiary/aromatic N) is 1. The van der Waals surface area contributed by atoms with Crippen molar-refractivity contribution >= 4 is 46.0 Å². The molecule has 1 saturated heterocycles.